The molecule has 2 saturated heterocycles. The number of rotatable bonds is 3. The summed E-state index contributed by atoms with van der Waals surface area (Å²) < 4.78 is 19.9. The summed E-state index contributed by atoms with van der Waals surface area (Å²) in [4.78, 5) is 20.3. The van der Waals surface area contributed by atoms with Crippen molar-refractivity contribution in [1.82, 2.24) is 14.8 Å². The van der Waals surface area contributed by atoms with Gasteiger partial charge in [0.1, 0.15) is 6.61 Å². The number of pyridine rings is 1. The minimum Gasteiger partial charge on any atom is -0.363 e. The molecule has 130 valence electrons. The Morgan fingerprint density at radius 1 is 1.33 bits per heavy atom. The minimum absolute atomic E-state index is 0.139. The number of nitrogens with zero attached hydrogens (tertiary/aromatic N) is 3. The van der Waals surface area contributed by atoms with E-state index in [-0.39, 0.29) is 18.1 Å². The summed E-state index contributed by atoms with van der Waals surface area (Å²) in [6.07, 6.45) is 4.08. The van der Waals surface area contributed by atoms with E-state index in [1.54, 1.807) is 6.07 Å². The first-order chi connectivity index (χ1) is 11.5. The molecule has 0 bridgehead atoms. The van der Waals surface area contributed by atoms with Gasteiger partial charge < -0.3 is 9.64 Å². The molecule has 1 amide bonds. The number of hydrogen-bond donors (Lipinski definition) is 0. The van der Waals surface area contributed by atoms with Gasteiger partial charge in [0, 0.05) is 25.7 Å². The lowest BCUT2D eigenvalue weighted by molar-refractivity contribution is -0.172. The number of halogens is 2. The van der Waals surface area contributed by atoms with E-state index in [4.69, 9.17) is 4.74 Å². The SMILES string of the molecule is O=C1COC2(CCN(Cc3ccc(Br)c(F)n3)CC2)CN1C1CC1. The number of carbonyl (C=O) groups excluding carboxylic acids is 1. The molecule has 1 saturated carbocycles. The number of hydrogen-bond acceptors (Lipinski definition) is 4. The smallest absolute Gasteiger partial charge is 0.248 e. The highest BCUT2D eigenvalue weighted by atomic mass is 79.9. The van der Waals surface area contributed by atoms with Gasteiger partial charge >= 0.3 is 0 Å². The summed E-state index contributed by atoms with van der Waals surface area (Å²) in [7, 11) is 0. The van der Waals surface area contributed by atoms with Crippen LogP contribution in [0, 0.1) is 5.95 Å². The van der Waals surface area contributed by atoms with Gasteiger partial charge in [-0.2, -0.15) is 4.39 Å². The van der Waals surface area contributed by atoms with E-state index in [0.29, 0.717) is 17.1 Å². The second-order valence-corrected chi connectivity index (χ2v) is 7.93. The highest BCUT2D eigenvalue weighted by molar-refractivity contribution is 9.10. The van der Waals surface area contributed by atoms with Crippen molar-refractivity contribution in [2.45, 2.75) is 43.9 Å². The minimum atomic E-state index is -0.463. The number of likely N-dealkylation sites (tertiary alicyclic amines) is 1. The lowest BCUT2D eigenvalue weighted by atomic mass is 9.89. The van der Waals surface area contributed by atoms with E-state index >= 15 is 0 Å². The highest BCUT2D eigenvalue weighted by Crippen LogP contribution is 2.36. The maximum atomic E-state index is 13.5. The van der Waals surface area contributed by atoms with Gasteiger partial charge in [-0.05, 0) is 53.7 Å². The number of amides is 1. The molecule has 5 nitrogen and oxygen atoms in total. The molecule has 3 fully saturated rings. The quantitative estimate of drug-likeness (QED) is 0.734. The predicted octanol–water partition coefficient (Wildman–Crippen LogP) is 2.34. The summed E-state index contributed by atoms with van der Waals surface area (Å²) in [5.41, 5.74) is 0.553. The first-order valence-corrected chi connectivity index (χ1v) is 9.31. The van der Waals surface area contributed by atoms with E-state index < -0.39 is 5.95 Å². The number of morpholine rings is 1. The van der Waals surface area contributed by atoms with Crippen LogP contribution in [0.3, 0.4) is 0 Å². The molecular weight excluding hydrogens is 377 g/mol. The van der Waals surface area contributed by atoms with E-state index in [1.165, 1.54) is 0 Å². The van der Waals surface area contributed by atoms with Gasteiger partial charge in [-0.1, -0.05) is 0 Å². The molecule has 0 unspecified atom stereocenters. The third-order valence-corrected chi connectivity index (χ3v) is 5.87. The van der Waals surface area contributed by atoms with Gasteiger partial charge in [-0.25, -0.2) is 4.98 Å². The van der Waals surface area contributed by atoms with Crippen molar-refractivity contribution >= 4 is 21.8 Å². The third-order valence-electron chi connectivity index (χ3n) is 5.28. The van der Waals surface area contributed by atoms with Crippen LogP contribution in [-0.2, 0) is 16.1 Å². The van der Waals surface area contributed by atoms with Crippen molar-refractivity contribution < 1.29 is 13.9 Å². The van der Waals surface area contributed by atoms with Crippen molar-refractivity contribution in [2.75, 3.05) is 26.2 Å². The zero-order chi connectivity index (χ0) is 16.7. The summed E-state index contributed by atoms with van der Waals surface area (Å²) >= 11 is 3.13. The van der Waals surface area contributed by atoms with Gasteiger partial charge in [-0.15, -0.1) is 0 Å². The molecule has 1 aromatic heterocycles. The molecule has 24 heavy (non-hydrogen) atoms. The van der Waals surface area contributed by atoms with Gasteiger partial charge in [0.05, 0.1) is 22.3 Å². The molecular formula is C17H21BrFN3O2. The van der Waals surface area contributed by atoms with Crippen LogP contribution in [0.1, 0.15) is 31.4 Å². The van der Waals surface area contributed by atoms with E-state index in [2.05, 4.69) is 25.8 Å². The fourth-order valence-electron chi connectivity index (χ4n) is 3.65. The summed E-state index contributed by atoms with van der Waals surface area (Å²) in [6.45, 7) is 3.36. The number of carbonyl (C=O) groups is 1. The van der Waals surface area contributed by atoms with Crippen molar-refractivity contribution in [3.63, 3.8) is 0 Å². The van der Waals surface area contributed by atoms with Gasteiger partial charge in [0.15, 0.2) is 0 Å². The summed E-state index contributed by atoms with van der Waals surface area (Å²) in [5, 5.41) is 0. The van der Waals surface area contributed by atoms with Crippen molar-refractivity contribution in [3.8, 4) is 0 Å². The van der Waals surface area contributed by atoms with Gasteiger partial charge in [-0.3, -0.25) is 9.69 Å². The highest BCUT2D eigenvalue weighted by Gasteiger charge is 2.46. The standard InChI is InChI=1S/C17H21BrFN3O2/c18-14-4-1-12(20-16(14)19)9-21-7-5-17(6-8-21)11-22(13-2-3-13)15(23)10-24-17/h1,4,13H,2-3,5-11H2. The van der Waals surface area contributed by atoms with Gasteiger partial charge in [0.25, 0.3) is 0 Å². The average molecular weight is 398 g/mol. The zero-order valence-electron chi connectivity index (χ0n) is 13.5. The third kappa shape index (κ3) is 3.34. The monoisotopic (exact) mass is 397 g/mol. The molecule has 0 aromatic carbocycles. The maximum absolute atomic E-state index is 13.5. The molecule has 1 spiro atoms. The second-order valence-electron chi connectivity index (χ2n) is 7.08. The maximum Gasteiger partial charge on any atom is 0.248 e. The number of piperidine rings is 1. The lowest BCUT2D eigenvalue weighted by Crippen LogP contribution is -2.59. The molecule has 0 radical (unpaired) electrons. The van der Waals surface area contributed by atoms with Crippen molar-refractivity contribution in [1.29, 1.82) is 0 Å². The second kappa shape index (κ2) is 6.35. The van der Waals surface area contributed by atoms with Crippen LogP contribution in [0.5, 0.6) is 0 Å². The Balaban J connectivity index is 1.36. The molecule has 3 heterocycles. The first-order valence-electron chi connectivity index (χ1n) is 8.51. The van der Waals surface area contributed by atoms with Crippen LogP contribution in [0.25, 0.3) is 0 Å². The van der Waals surface area contributed by atoms with Crippen LogP contribution in [0.15, 0.2) is 16.6 Å². The predicted molar refractivity (Wildman–Crippen MR) is 89.8 cm³/mol. The van der Waals surface area contributed by atoms with Crippen molar-refractivity contribution in [2.24, 2.45) is 0 Å². The molecule has 0 atom stereocenters. The topological polar surface area (TPSA) is 45.7 Å². The zero-order valence-corrected chi connectivity index (χ0v) is 15.1. The lowest BCUT2D eigenvalue weighted by Gasteiger charge is -2.47. The van der Waals surface area contributed by atoms with Crippen LogP contribution in [0.2, 0.25) is 0 Å². The Kier molecular flexibility index (Phi) is 4.34. The fraction of sp³-hybridized carbons (Fsp3) is 0.647. The average Bonchev–Trinajstić information content (AvgIpc) is 3.41. The van der Waals surface area contributed by atoms with Crippen LogP contribution >= 0.6 is 15.9 Å². The van der Waals surface area contributed by atoms with E-state index in [1.807, 2.05) is 11.0 Å². The van der Waals surface area contributed by atoms with E-state index in [9.17, 15) is 9.18 Å². The Morgan fingerprint density at radius 3 is 2.75 bits per heavy atom. The normalized spacial score (nSPS) is 24.6. The molecule has 2 aliphatic heterocycles. The van der Waals surface area contributed by atoms with Crippen LogP contribution < -0.4 is 0 Å². The largest absolute Gasteiger partial charge is 0.363 e. The fourth-order valence-corrected chi connectivity index (χ4v) is 3.87. The number of aromatic nitrogens is 1. The van der Waals surface area contributed by atoms with E-state index in [0.717, 1.165) is 51.0 Å². The van der Waals surface area contributed by atoms with Crippen molar-refractivity contribution in [3.05, 3.63) is 28.2 Å². The molecule has 7 heteroatoms. The molecule has 1 aliphatic carbocycles. The molecule has 4 rings (SSSR count). The Morgan fingerprint density at radius 2 is 2.08 bits per heavy atom. The van der Waals surface area contributed by atoms with Gasteiger partial charge in [0.2, 0.25) is 11.9 Å². The Hall–Kier alpha value is -1.05. The molecule has 1 aromatic rings. The van der Waals surface area contributed by atoms with Crippen LogP contribution in [-0.4, -0.2) is 58.6 Å². The van der Waals surface area contributed by atoms with Crippen LogP contribution in [0.4, 0.5) is 4.39 Å². The molecule has 3 aliphatic rings. The molecule has 0 N–H and O–H groups in total. The summed E-state index contributed by atoms with van der Waals surface area (Å²) in [6, 6.07) is 4.00. The summed E-state index contributed by atoms with van der Waals surface area (Å²) in [5.74, 6) is -0.324. The Bertz CT molecular complexity index is 645. The first kappa shape index (κ1) is 16.4. The Labute approximate surface area is 149 Å². The number of ether oxygens (including phenoxy) is 1.